The molecule has 4 N–H and O–H groups in total. The number of benzene rings is 1. The molecule has 0 radical (unpaired) electrons. The highest BCUT2D eigenvalue weighted by Gasteiger charge is 2.42. The molecule has 1 heterocycles. The van der Waals surface area contributed by atoms with Crippen molar-refractivity contribution in [3.05, 3.63) is 41.7 Å². The van der Waals surface area contributed by atoms with Gasteiger partial charge in [-0.05, 0) is 36.6 Å². The predicted molar refractivity (Wildman–Crippen MR) is 99.8 cm³/mol. The maximum atomic E-state index is 6.19. The molecule has 23 heavy (non-hydrogen) atoms. The second-order valence-electron chi connectivity index (χ2n) is 5.63. The van der Waals surface area contributed by atoms with Crippen molar-refractivity contribution in [2.75, 3.05) is 18.9 Å². The lowest BCUT2D eigenvalue weighted by atomic mass is 10.1. The second kappa shape index (κ2) is 8.06. The number of anilines is 1. The van der Waals surface area contributed by atoms with Crippen LogP contribution in [0.15, 0.2) is 36.5 Å². The molecule has 0 bridgehead atoms. The summed E-state index contributed by atoms with van der Waals surface area (Å²) in [6.07, 6.45) is 3.91. The lowest BCUT2D eigenvalue weighted by Crippen LogP contribution is -2.22. The summed E-state index contributed by atoms with van der Waals surface area (Å²) in [7, 11) is 0. The monoisotopic (exact) mass is 375 g/mol. The molecule has 2 aromatic rings. The van der Waals surface area contributed by atoms with Gasteiger partial charge in [-0.2, -0.15) is 0 Å². The molecule has 0 aliphatic heterocycles. The molecule has 1 saturated carbocycles. The molecule has 1 aliphatic carbocycles. The van der Waals surface area contributed by atoms with Crippen LogP contribution >= 0.6 is 36.4 Å². The topological polar surface area (TPSA) is 74.2 Å². The van der Waals surface area contributed by atoms with Crippen molar-refractivity contribution in [3.63, 3.8) is 0 Å². The van der Waals surface area contributed by atoms with E-state index in [0.29, 0.717) is 29.7 Å². The van der Waals surface area contributed by atoms with Gasteiger partial charge < -0.3 is 16.2 Å². The van der Waals surface area contributed by atoms with E-state index in [-0.39, 0.29) is 30.2 Å². The lowest BCUT2D eigenvalue weighted by molar-refractivity contribution is 0.238. The summed E-state index contributed by atoms with van der Waals surface area (Å²) in [5.41, 5.74) is 14.2. The minimum atomic E-state index is 0. The zero-order chi connectivity index (χ0) is 14.9. The van der Waals surface area contributed by atoms with Gasteiger partial charge in [0.2, 0.25) is 0 Å². The summed E-state index contributed by atoms with van der Waals surface area (Å²) >= 11 is 6.19. The van der Waals surface area contributed by atoms with E-state index in [4.69, 9.17) is 27.8 Å². The van der Waals surface area contributed by atoms with Crippen LogP contribution in [0.3, 0.4) is 0 Å². The average molecular weight is 377 g/mol. The fourth-order valence-electron chi connectivity index (χ4n) is 2.24. The van der Waals surface area contributed by atoms with Gasteiger partial charge in [0.1, 0.15) is 10.9 Å². The van der Waals surface area contributed by atoms with Gasteiger partial charge in [-0.3, -0.25) is 0 Å². The third kappa shape index (κ3) is 4.64. The van der Waals surface area contributed by atoms with Crippen LogP contribution in [0.25, 0.3) is 11.1 Å². The van der Waals surface area contributed by atoms with E-state index in [9.17, 15) is 0 Å². The second-order valence-corrected chi connectivity index (χ2v) is 5.99. The standard InChI is InChI=1S/C16H18ClN3O.2ClH/c17-15-14(11-2-1-3-12(19)6-11)7-13(8-20-15)21-10-16(9-18)4-5-16;;/h1-3,6-8H,4-5,9-10,18-19H2;2*1H. The Morgan fingerprint density at radius 3 is 2.57 bits per heavy atom. The van der Waals surface area contributed by atoms with Gasteiger partial charge in [-0.1, -0.05) is 23.7 Å². The number of nitrogens with zero attached hydrogens (tertiary/aromatic N) is 1. The molecule has 1 aliphatic rings. The number of hydrogen-bond donors (Lipinski definition) is 2. The van der Waals surface area contributed by atoms with E-state index in [0.717, 1.165) is 24.0 Å². The minimum Gasteiger partial charge on any atom is -0.491 e. The average Bonchev–Trinajstić information content (AvgIpc) is 3.27. The number of hydrogen-bond acceptors (Lipinski definition) is 4. The van der Waals surface area contributed by atoms with Crippen molar-refractivity contribution in [3.8, 4) is 16.9 Å². The zero-order valence-corrected chi connectivity index (χ0v) is 14.9. The smallest absolute Gasteiger partial charge is 0.138 e. The number of ether oxygens (including phenoxy) is 1. The summed E-state index contributed by atoms with van der Waals surface area (Å²) in [5.74, 6) is 0.705. The van der Waals surface area contributed by atoms with Gasteiger partial charge in [0, 0.05) is 23.2 Å². The van der Waals surface area contributed by atoms with Crippen LogP contribution in [0.2, 0.25) is 5.15 Å². The SMILES string of the molecule is Cl.Cl.NCC1(COc2cnc(Cl)c(-c3cccc(N)c3)c2)CC1. The molecule has 0 amide bonds. The molecule has 0 unspecified atom stereocenters. The summed E-state index contributed by atoms with van der Waals surface area (Å²) in [6.45, 7) is 1.29. The summed E-state index contributed by atoms with van der Waals surface area (Å²) in [5, 5.41) is 0.438. The molecule has 0 atom stereocenters. The molecule has 1 aromatic heterocycles. The number of pyridine rings is 1. The predicted octanol–water partition coefficient (Wildman–Crippen LogP) is 3.95. The fourth-order valence-corrected chi connectivity index (χ4v) is 2.45. The van der Waals surface area contributed by atoms with Crippen molar-refractivity contribution >= 4 is 42.1 Å². The normalized spacial score (nSPS) is 14.3. The maximum absolute atomic E-state index is 6.19. The molecule has 0 saturated heterocycles. The third-order valence-corrected chi connectivity index (χ3v) is 4.25. The van der Waals surface area contributed by atoms with Gasteiger partial charge >= 0.3 is 0 Å². The molecule has 1 fully saturated rings. The highest BCUT2D eigenvalue weighted by atomic mass is 35.5. The number of rotatable bonds is 5. The first-order chi connectivity index (χ1) is 10.1. The van der Waals surface area contributed by atoms with Crippen LogP contribution in [0, 0.1) is 5.41 Å². The van der Waals surface area contributed by atoms with E-state index in [2.05, 4.69) is 4.98 Å². The first kappa shape index (κ1) is 19.8. The van der Waals surface area contributed by atoms with Crippen molar-refractivity contribution < 1.29 is 4.74 Å². The first-order valence-electron chi connectivity index (χ1n) is 6.96. The molecule has 4 nitrogen and oxygen atoms in total. The van der Waals surface area contributed by atoms with E-state index in [1.165, 1.54) is 0 Å². The van der Waals surface area contributed by atoms with Gasteiger partial charge in [0.15, 0.2) is 0 Å². The number of aromatic nitrogens is 1. The Morgan fingerprint density at radius 2 is 1.96 bits per heavy atom. The van der Waals surface area contributed by atoms with Crippen molar-refractivity contribution in [2.24, 2.45) is 11.1 Å². The number of nitrogen functional groups attached to an aromatic ring is 1. The van der Waals surface area contributed by atoms with Crippen molar-refractivity contribution in [2.45, 2.75) is 12.8 Å². The van der Waals surface area contributed by atoms with Crippen molar-refractivity contribution in [1.29, 1.82) is 0 Å². The van der Waals surface area contributed by atoms with Crippen LogP contribution < -0.4 is 16.2 Å². The number of halogens is 3. The Balaban J connectivity index is 0.00000132. The number of nitrogens with two attached hydrogens (primary N) is 2. The molecule has 1 aromatic carbocycles. The molecule has 3 rings (SSSR count). The lowest BCUT2D eigenvalue weighted by Gasteiger charge is -2.14. The van der Waals surface area contributed by atoms with Crippen LogP contribution in [0.1, 0.15) is 12.8 Å². The summed E-state index contributed by atoms with van der Waals surface area (Å²) in [4.78, 5) is 4.20. The summed E-state index contributed by atoms with van der Waals surface area (Å²) in [6, 6.07) is 9.45. The van der Waals surface area contributed by atoms with Crippen molar-refractivity contribution in [1.82, 2.24) is 4.98 Å². The van der Waals surface area contributed by atoms with Gasteiger partial charge in [-0.25, -0.2) is 4.98 Å². The van der Waals surface area contributed by atoms with Crippen LogP contribution in [0.4, 0.5) is 5.69 Å². The first-order valence-corrected chi connectivity index (χ1v) is 7.34. The summed E-state index contributed by atoms with van der Waals surface area (Å²) < 4.78 is 5.84. The highest BCUT2D eigenvalue weighted by molar-refractivity contribution is 6.32. The Kier molecular flexibility index (Phi) is 6.96. The molecular formula is C16H20Cl3N3O. The van der Waals surface area contributed by atoms with Gasteiger partial charge in [0.05, 0.1) is 12.8 Å². The van der Waals surface area contributed by atoms with Crippen LogP contribution in [-0.4, -0.2) is 18.1 Å². The largest absolute Gasteiger partial charge is 0.491 e. The van der Waals surface area contributed by atoms with E-state index < -0.39 is 0 Å². The Hall–Kier alpha value is -1.20. The molecule has 7 heteroatoms. The Bertz CT molecular complexity index is 663. The minimum absolute atomic E-state index is 0. The van der Waals surface area contributed by atoms with E-state index in [1.54, 1.807) is 6.20 Å². The van der Waals surface area contributed by atoms with Gasteiger partial charge in [0.25, 0.3) is 0 Å². The fraction of sp³-hybridized carbons (Fsp3) is 0.312. The maximum Gasteiger partial charge on any atom is 0.138 e. The van der Waals surface area contributed by atoms with Crippen LogP contribution in [0.5, 0.6) is 5.75 Å². The highest BCUT2D eigenvalue weighted by Crippen LogP contribution is 2.44. The molecular weight excluding hydrogens is 357 g/mol. The molecule has 0 spiro atoms. The van der Waals surface area contributed by atoms with Gasteiger partial charge in [-0.15, -0.1) is 24.8 Å². The quantitative estimate of drug-likeness (QED) is 0.612. The van der Waals surface area contributed by atoms with E-state index in [1.807, 2.05) is 30.3 Å². The Labute approximate surface area is 153 Å². The molecule has 126 valence electrons. The third-order valence-electron chi connectivity index (χ3n) is 3.95. The van der Waals surface area contributed by atoms with E-state index >= 15 is 0 Å². The zero-order valence-electron chi connectivity index (χ0n) is 12.5. The Morgan fingerprint density at radius 1 is 1.22 bits per heavy atom. The van der Waals surface area contributed by atoms with Crippen LogP contribution in [-0.2, 0) is 0 Å².